The minimum atomic E-state index is -0.220. The molecule has 0 spiro atoms. The molecule has 0 saturated carbocycles. The van der Waals surface area contributed by atoms with E-state index in [0.717, 1.165) is 11.1 Å². The third kappa shape index (κ3) is 3.77. The van der Waals surface area contributed by atoms with Crippen LogP contribution < -0.4 is 5.73 Å². The summed E-state index contributed by atoms with van der Waals surface area (Å²) in [6.07, 6.45) is 0.623. The molecule has 2 aromatic rings. The Hall–Kier alpha value is -0.440. The molecule has 0 heterocycles. The summed E-state index contributed by atoms with van der Waals surface area (Å²) in [6.45, 7) is 0. The second kappa shape index (κ2) is 6.34. The number of nitrogens with two attached hydrogens (primary N) is 1. The molecule has 0 radical (unpaired) electrons. The van der Waals surface area contributed by atoms with Crippen LogP contribution >= 0.6 is 46.4 Å². The van der Waals surface area contributed by atoms with Crippen LogP contribution in [0.1, 0.15) is 17.2 Å². The number of hydrogen-bond donors (Lipinski definition) is 1. The van der Waals surface area contributed by atoms with Crippen LogP contribution in [0.25, 0.3) is 0 Å². The highest BCUT2D eigenvalue weighted by atomic mass is 35.5. The minimum absolute atomic E-state index is 0.220. The second-order valence-electron chi connectivity index (χ2n) is 4.22. The predicted molar refractivity (Wildman–Crippen MR) is 83.6 cm³/mol. The van der Waals surface area contributed by atoms with Crippen LogP contribution in [0.4, 0.5) is 0 Å². The van der Waals surface area contributed by atoms with Crippen molar-refractivity contribution in [3.8, 4) is 0 Å². The number of halogens is 4. The van der Waals surface area contributed by atoms with Crippen molar-refractivity contribution in [3.05, 3.63) is 67.6 Å². The molecule has 2 N–H and O–H groups in total. The van der Waals surface area contributed by atoms with Gasteiger partial charge in [-0.3, -0.25) is 0 Å². The molecule has 2 rings (SSSR count). The molecule has 1 unspecified atom stereocenters. The molecule has 19 heavy (non-hydrogen) atoms. The molecule has 0 fully saturated rings. The molecule has 0 bridgehead atoms. The van der Waals surface area contributed by atoms with Gasteiger partial charge in [-0.25, -0.2) is 0 Å². The summed E-state index contributed by atoms with van der Waals surface area (Å²) < 4.78 is 0. The lowest BCUT2D eigenvalue weighted by atomic mass is 10.00. The van der Waals surface area contributed by atoms with Gasteiger partial charge in [0.2, 0.25) is 0 Å². The van der Waals surface area contributed by atoms with Crippen molar-refractivity contribution in [1.82, 2.24) is 0 Å². The Morgan fingerprint density at radius 1 is 0.842 bits per heavy atom. The van der Waals surface area contributed by atoms with Crippen molar-refractivity contribution >= 4 is 46.4 Å². The first-order chi connectivity index (χ1) is 8.97. The van der Waals surface area contributed by atoms with E-state index in [9.17, 15) is 0 Å². The van der Waals surface area contributed by atoms with E-state index in [1.807, 2.05) is 18.2 Å². The van der Waals surface area contributed by atoms with Gasteiger partial charge in [-0.1, -0.05) is 58.5 Å². The summed E-state index contributed by atoms with van der Waals surface area (Å²) in [5, 5.41) is 2.22. The molecule has 1 atom stereocenters. The average molecular weight is 335 g/mol. The van der Waals surface area contributed by atoms with Gasteiger partial charge in [0.1, 0.15) is 0 Å². The van der Waals surface area contributed by atoms with E-state index in [1.165, 1.54) is 0 Å². The molecule has 2 aromatic carbocycles. The maximum absolute atomic E-state index is 6.16. The lowest BCUT2D eigenvalue weighted by Gasteiger charge is -2.14. The minimum Gasteiger partial charge on any atom is -0.324 e. The van der Waals surface area contributed by atoms with Crippen LogP contribution in [0, 0.1) is 0 Å². The molecule has 0 aromatic heterocycles. The van der Waals surface area contributed by atoms with Crippen molar-refractivity contribution in [2.24, 2.45) is 5.73 Å². The van der Waals surface area contributed by atoms with Gasteiger partial charge in [0.25, 0.3) is 0 Å². The third-order valence-corrected chi connectivity index (χ3v) is 4.10. The monoisotopic (exact) mass is 333 g/mol. The highest BCUT2D eigenvalue weighted by Gasteiger charge is 2.12. The highest BCUT2D eigenvalue weighted by molar-refractivity contribution is 6.42. The molecule has 100 valence electrons. The smallest absolute Gasteiger partial charge is 0.0595 e. The molecule has 0 aliphatic rings. The van der Waals surface area contributed by atoms with Gasteiger partial charge in [0, 0.05) is 16.1 Å². The molecule has 5 heteroatoms. The second-order valence-corrected chi connectivity index (χ2v) is 5.88. The average Bonchev–Trinajstić information content (AvgIpc) is 2.33. The van der Waals surface area contributed by atoms with Crippen LogP contribution in [0.2, 0.25) is 20.1 Å². The molecular weight excluding hydrogens is 324 g/mol. The summed E-state index contributed by atoms with van der Waals surface area (Å²) >= 11 is 23.9. The lowest BCUT2D eigenvalue weighted by molar-refractivity contribution is 0.722. The zero-order valence-electron chi connectivity index (χ0n) is 9.84. The van der Waals surface area contributed by atoms with Crippen molar-refractivity contribution in [3.63, 3.8) is 0 Å². The largest absolute Gasteiger partial charge is 0.324 e. The van der Waals surface area contributed by atoms with Gasteiger partial charge in [-0.05, 0) is 41.8 Å². The van der Waals surface area contributed by atoms with Crippen LogP contribution in [-0.2, 0) is 6.42 Å². The first-order valence-corrected chi connectivity index (χ1v) is 7.13. The van der Waals surface area contributed by atoms with Gasteiger partial charge in [-0.15, -0.1) is 0 Å². The van der Waals surface area contributed by atoms with Gasteiger partial charge in [0.15, 0.2) is 0 Å². The highest BCUT2D eigenvalue weighted by Crippen LogP contribution is 2.29. The molecule has 0 aliphatic heterocycles. The van der Waals surface area contributed by atoms with E-state index in [4.69, 9.17) is 52.1 Å². The van der Waals surface area contributed by atoms with Crippen molar-refractivity contribution in [2.75, 3.05) is 0 Å². The van der Waals surface area contributed by atoms with E-state index >= 15 is 0 Å². The Morgan fingerprint density at radius 3 is 2.21 bits per heavy atom. The zero-order valence-corrected chi connectivity index (χ0v) is 12.9. The van der Waals surface area contributed by atoms with Gasteiger partial charge in [-0.2, -0.15) is 0 Å². The first kappa shape index (κ1) is 15.0. The number of rotatable bonds is 3. The van der Waals surface area contributed by atoms with Crippen molar-refractivity contribution in [1.29, 1.82) is 0 Å². The van der Waals surface area contributed by atoms with Crippen LogP contribution in [0.15, 0.2) is 36.4 Å². The normalized spacial score (nSPS) is 12.5. The summed E-state index contributed by atoms with van der Waals surface area (Å²) in [7, 11) is 0. The van der Waals surface area contributed by atoms with Gasteiger partial charge in [0.05, 0.1) is 10.0 Å². The molecule has 1 nitrogen and oxygen atoms in total. The fraction of sp³-hybridized carbons (Fsp3) is 0.143. The predicted octanol–water partition coefficient (Wildman–Crippen LogP) is 5.54. The number of hydrogen-bond acceptors (Lipinski definition) is 1. The Balaban J connectivity index is 2.20. The van der Waals surface area contributed by atoms with E-state index in [1.54, 1.807) is 18.2 Å². The van der Waals surface area contributed by atoms with Crippen molar-refractivity contribution in [2.45, 2.75) is 12.5 Å². The van der Waals surface area contributed by atoms with Crippen LogP contribution in [0.3, 0.4) is 0 Å². The molecule has 0 amide bonds. The summed E-state index contributed by atoms with van der Waals surface area (Å²) in [5.41, 5.74) is 8.03. The Kier molecular flexibility index (Phi) is 4.99. The fourth-order valence-corrected chi connectivity index (χ4v) is 2.70. The van der Waals surface area contributed by atoms with E-state index in [0.29, 0.717) is 26.5 Å². The quantitative estimate of drug-likeness (QED) is 0.783. The topological polar surface area (TPSA) is 26.0 Å². The number of benzene rings is 2. The molecule has 0 aliphatic carbocycles. The van der Waals surface area contributed by atoms with Gasteiger partial charge < -0.3 is 5.73 Å². The van der Waals surface area contributed by atoms with Gasteiger partial charge >= 0.3 is 0 Å². The SMILES string of the molecule is NC(Cc1ccc(Cl)c(Cl)c1)c1ccc(Cl)cc1Cl. The van der Waals surface area contributed by atoms with E-state index in [-0.39, 0.29) is 6.04 Å². The zero-order chi connectivity index (χ0) is 14.0. The van der Waals surface area contributed by atoms with Crippen LogP contribution in [0.5, 0.6) is 0 Å². The van der Waals surface area contributed by atoms with Crippen molar-refractivity contribution < 1.29 is 0 Å². The maximum Gasteiger partial charge on any atom is 0.0595 e. The third-order valence-electron chi connectivity index (χ3n) is 2.80. The molecule has 0 saturated heterocycles. The Labute approximate surface area is 132 Å². The Bertz CT molecular complexity index is 598. The standard InChI is InChI=1S/C14H11Cl4N/c15-9-2-3-10(12(17)7-9)14(19)6-8-1-4-11(16)13(18)5-8/h1-5,7,14H,6,19H2. The molecular formula is C14H11Cl4N. The lowest BCUT2D eigenvalue weighted by Crippen LogP contribution is -2.13. The maximum atomic E-state index is 6.16. The summed E-state index contributed by atoms with van der Waals surface area (Å²) in [5.74, 6) is 0. The van der Waals surface area contributed by atoms with E-state index < -0.39 is 0 Å². The van der Waals surface area contributed by atoms with Crippen LogP contribution in [-0.4, -0.2) is 0 Å². The summed E-state index contributed by atoms with van der Waals surface area (Å²) in [4.78, 5) is 0. The Morgan fingerprint density at radius 2 is 1.58 bits per heavy atom. The van der Waals surface area contributed by atoms with E-state index in [2.05, 4.69) is 0 Å². The fourth-order valence-electron chi connectivity index (χ4n) is 1.83. The summed E-state index contributed by atoms with van der Waals surface area (Å²) in [6, 6.07) is 10.6. The first-order valence-electron chi connectivity index (χ1n) is 5.62.